The van der Waals surface area contributed by atoms with Crippen LogP contribution in [0, 0.1) is 0 Å². The average Bonchev–Trinajstić information content (AvgIpc) is 3.20. The van der Waals surface area contributed by atoms with E-state index in [4.69, 9.17) is 4.74 Å². The minimum absolute atomic E-state index is 0.163. The van der Waals surface area contributed by atoms with Gasteiger partial charge in [0, 0.05) is 39.3 Å². The van der Waals surface area contributed by atoms with Crippen molar-refractivity contribution in [3.63, 3.8) is 0 Å². The van der Waals surface area contributed by atoms with Crippen LogP contribution in [0.5, 0.6) is 5.75 Å². The number of likely N-dealkylation sites (tertiary alicyclic amines) is 1. The van der Waals surface area contributed by atoms with Crippen LogP contribution in [0.2, 0.25) is 0 Å². The number of carbonyl (C=O) groups is 1. The van der Waals surface area contributed by atoms with Crippen molar-refractivity contribution in [2.45, 2.75) is 32.5 Å². The molecule has 1 atom stereocenters. The van der Waals surface area contributed by atoms with Gasteiger partial charge in [-0.1, -0.05) is 49.4 Å². The number of amides is 1. The third-order valence-corrected chi connectivity index (χ3v) is 5.74. The van der Waals surface area contributed by atoms with E-state index in [1.807, 2.05) is 36.2 Å². The van der Waals surface area contributed by atoms with E-state index in [0.717, 1.165) is 43.9 Å². The highest BCUT2D eigenvalue weighted by Gasteiger charge is 2.28. The average molecular weight is 396 g/mol. The molecule has 0 saturated carbocycles. The third-order valence-electron chi connectivity index (χ3n) is 5.74. The van der Waals surface area contributed by atoms with Crippen LogP contribution in [0.3, 0.4) is 0 Å². The highest BCUT2D eigenvalue weighted by atomic mass is 16.5. The predicted molar refractivity (Wildman–Crippen MR) is 117 cm³/mol. The fraction of sp³-hybridized carbons (Fsp3) is 0.458. The molecule has 3 rings (SSSR count). The van der Waals surface area contributed by atoms with Gasteiger partial charge in [0.1, 0.15) is 5.75 Å². The Bertz CT molecular complexity index is 781. The third kappa shape index (κ3) is 6.05. The Morgan fingerprint density at radius 1 is 1.14 bits per heavy atom. The molecule has 0 N–H and O–H groups in total. The molecular formula is C24H33N3O2. The fourth-order valence-electron chi connectivity index (χ4n) is 4.02. The van der Waals surface area contributed by atoms with Gasteiger partial charge < -0.3 is 9.64 Å². The maximum atomic E-state index is 12.8. The first-order valence-electron chi connectivity index (χ1n) is 10.5. The second-order valence-corrected chi connectivity index (χ2v) is 7.83. The predicted octanol–water partition coefficient (Wildman–Crippen LogP) is 3.25. The van der Waals surface area contributed by atoms with Gasteiger partial charge in [-0.3, -0.25) is 14.6 Å². The smallest absolute Gasteiger partial charge is 0.236 e. The molecule has 0 spiro atoms. The number of rotatable bonds is 9. The monoisotopic (exact) mass is 395 g/mol. The largest absolute Gasteiger partial charge is 0.497 e. The summed E-state index contributed by atoms with van der Waals surface area (Å²) in [5, 5.41) is 0. The topological polar surface area (TPSA) is 36.0 Å². The van der Waals surface area contributed by atoms with Crippen LogP contribution in [0.4, 0.5) is 0 Å². The molecule has 5 heteroatoms. The summed E-state index contributed by atoms with van der Waals surface area (Å²) in [7, 11) is 3.54. The molecule has 0 radical (unpaired) electrons. The number of carbonyl (C=O) groups excluding carboxylic acids is 1. The Labute approximate surface area is 174 Å². The van der Waals surface area contributed by atoms with Gasteiger partial charge in [0.2, 0.25) is 5.91 Å². The van der Waals surface area contributed by atoms with E-state index in [1.165, 1.54) is 5.56 Å². The number of hydrogen-bond donors (Lipinski definition) is 0. The zero-order chi connectivity index (χ0) is 20.6. The lowest BCUT2D eigenvalue weighted by Crippen LogP contribution is -2.44. The summed E-state index contributed by atoms with van der Waals surface area (Å²) in [6.07, 6.45) is 1.12. The number of ether oxygens (including phenoxy) is 1. The molecule has 0 aromatic heterocycles. The van der Waals surface area contributed by atoms with E-state index in [-0.39, 0.29) is 5.91 Å². The highest BCUT2D eigenvalue weighted by molar-refractivity contribution is 5.78. The van der Waals surface area contributed by atoms with Crippen LogP contribution in [-0.2, 0) is 17.9 Å². The van der Waals surface area contributed by atoms with Crippen molar-refractivity contribution in [1.29, 1.82) is 0 Å². The van der Waals surface area contributed by atoms with Gasteiger partial charge >= 0.3 is 0 Å². The van der Waals surface area contributed by atoms with Crippen molar-refractivity contribution < 1.29 is 9.53 Å². The highest BCUT2D eigenvalue weighted by Crippen LogP contribution is 2.19. The Morgan fingerprint density at radius 3 is 2.62 bits per heavy atom. The Balaban J connectivity index is 1.51. The number of hydrogen-bond acceptors (Lipinski definition) is 4. The number of methoxy groups -OCH3 is 1. The molecule has 0 unspecified atom stereocenters. The fourth-order valence-corrected chi connectivity index (χ4v) is 4.02. The van der Waals surface area contributed by atoms with Crippen molar-refractivity contribution in [1.82, 2.24) is 14.7 Å². The molecule has 1 aliphatic heterocycles. The summed E-state index contributed by atoms with van der Waals surface area (Å²) in [6.45, 7) is 7.20. The van der Waals surface area contributed by atoms with Crippen molar-refractivity contribution >= 4 is 5.91 Å². The maximum Gasteiger partial charge on any atom is 0.236 e. The molecule has 29 heavy (non-hydrogen) atoms. The van der Waals surface area contributed by atoms with Gasteiger partial charge in [0.05, 0.1) is 13.7 Å². The molecule has 0 aliphatic carbocycles. The van der Waals surface area contributed by atoms with E-state index >= 15 is 0 Å². The minimum Gasteiger partial charge on any atom is -0.497 e. The maximum absolute atomic E-state index is 12.8. The van der Waals surface area contributed by atoms with E-state index < -0.39 is 0 Å². The standard InChI is InChI=1S/C24H33N3O2/c1-4-27(22-13-14-26(18-22)17-20-9-6-5-7-10-20)19-24(28)25(2)16-21-11-8-12-23(15-21)29-3/h5-12,15,22H,4,13-14,16-19H2,1-3H3/t22-/m0/s1. The molecule has 1 saturated heterocycles. The molecule has 156 valence electrons. The number of benzene rings is 2. The molecule has 5 nitrogen and oxygen atoms in total. The normalized spacial score (nSPS) is 16.9. The van der Waals surface area contributed by atoms with Crippen molar-refractivity contribution in [3.8, 4) is 5.75 Å². The van der Waals surface area contributed by atoms with Crippen LogP contribution in [0.1, 0.15) is 24.5 Å². The summed E-state index contributed by atoms with van der Waals surface area (Å²) in [5.74, 6) is 0.985. The number of likely N-dealkylation sites (N-methyl/N-ethyl adjacent to an activating group) is 2. The molecular weight excluding hydrogens is 362 g/mol. The Kier molecular flexibility index (Phi) is 7.67. The summed E-state index contributed by atoms with van der Waals surface area (Å²) in [4.78, 5) is 19.5. The van der Waals surface area contributed by atoms with E-state index in [1.54, 1.807) is 7.11 Å². The van der Waals surface area contributed by atoms with Crippen LogP contribution in [-0.4, -0.2) is 67.0 Å². The zero-order valence-corrected chi connectivity index (χ0v) is 17.9. The lowest BCUT2D eigenvalue weighted by molar-refractivity contribution is -0.132. The summed E-state index contributed by atoms with van der Waals surface area (Å²) in [6, 6.07) is 19.0. The van der Waals surface area contributed by atoms with Gasteiger partial charge in [0.15, 0.2) is 0 Å². The van der Waals surface area contributed by atoms with E-state index in [0.29, 0.717) is 19.1 Å². The lowest BCUT2D eigenvalue weighted by Gasteiger charge is -2.29. The van der Waals surface area contributed by atoms with E-state index in [2.05, 4.69) is 47.1 Å². The molecule has 1 fully saturated rings. The summed E-state index contributed by atoms with van der Waals surface area (Å²) in [5.41, 5.74) is 2.43. The lowest BCUT2D eigenvalue weighted by atomic mass is 10.2. The Morgan fingerprint density at radius 2 is 1.90 bits per heavy atom. The van der Waals surface area contributed by atoms with Gasteiger partial charge in [-0.2, -0.15) is 0 Å². The van der Waals surface area contributed by atoms with Gasteiger partial charge in [-0.15, -0.1) is 0 Å². The summed E-state index contributed by atoms with van der Waals surface area (Å²) < 4.78 is 5.28. The van der Waals surface area contributed by atoms with Crippen molar-refractivity contribution in [2.75, 3.05) is 40.3 Å². The quantitative estimate of drug-likeness (QED) is 0.653. The number of nitrogens with zero attached hydrogens (tertiary/aromatic N) is 3. The molecule has 1 heterocycles. The molecule has 2 aromatic carbocycles. The molecule has 0 bridgehead atoms. The second kappa shape index (κ2) is 10.4. The SMILES string of the molecule is CCN(CC(=O)N(C)Cc1cccc(OC)c1)[C@H]1CCN(Cc2ccccc2)C1. The zero-order valence-electron chi connectivity index (χ0n) is 17.9. The van der Waals surface area contributed by atoms with Crippen LogP contribution in [0.25, 0.3) is 0 Å². The van der Waals surface area contributed by atoms with Crippen molar-refractivity contribution in [3.05, 3.63) is 65.7 Å². The Hall–Kier alpha value is -2.37. The second-order valence-electron chi connectivity index (χ2n) is 7.83. The molecule has 1 aliphatic rings. The van der Waals surface area contributed by atoms with Crippen LogP contribution < -0.4 is 4.74 Å². The minimum atomic E-state index is 0.163. The van der Waals surface area contributed by atoms with Crippen molar-refractivity contribution in [2.24, 2.45) is 0 Å². The molecule has 2 aromatic rings. The first kappa shape index (κ1) is 21.3. The molecule has 1 amide bonds. The first-order chi connectivity index (χ1) is 14.1. The van der Waals surface area contributed by atoms with Gasteiger partial charge in [0.25, 0.3) is 0 Å². The van der Waals surface area contributed by atoms with Gasteiger partial charge in [-0.25, -0.2) is 0 Å². The summed E-state index contributed by atoms with van der Waals surface area (Å²) >= 11 is 0. The van der Waals surface area contributed by atoms with Gasteiger partial charge in [-0.05, 0) is 36.2 Å². The van der Waals surface area contributed by atoms with E-state index in [9.17, 15) is 4.79 Å². The first-order valence-corrected chi connectivity index (χ1v) is 10.5. The van der Waals surface area contributed by atoms with Crippen LogP contribution >= 0.6 is 0 Å². The van der Waals surface area contributed by atoms with Crippen LogP contribution in [0.15, 0.2) is 54.6 Å².